The first-order chi connectivity index (χ1) is 9.24. The zero-order valence-corrected chi connectivity index (χ0v) is 11.5. The summed E-state index contributed by atoms with van der Waals surface area (Å²) in [6.45, 7) is 5.12. The summed E-state index contributed by atoms with van der Waals surface area (Å²) in [7, 11) is 0. The van der Waals surface area contributed by atoms with Crippen LogP contribution in [0.2, 0.25) is 0 Å². The number of hydrogen-bond donors (Lipinski definition) is 1. The van der Waals surface area contributed by atoms with Crippen LogP contribution in [-0.4, -0.2) is 30.4 Å². The number of carbonyl (C=O) groups excluding carboxylic acids is 1. The van der Waals surface area contributed by atoms with Gasteiger partial charge in [-0.1, -0.05) is 37.3 Å². The maximum atomic E-state index is 11.7. The first kappa shape index (κ1) is 14.0. The number of amides is 1. The molecule has 0 radical (unpaired) electrons. The van der Waals surface area contributed by atoms with Gasteiger partial charge in [0.1, 0.15) is 0 Å². The average molecular weight is 262 g/mol. The van der Waals surface area contributed by atoms with Crippen molar-refractivity contribution in [3.63, 3.8) is 0 Å². The normalized spacial score (nSPS) is 17.3. The first-order valence-electron chi connectivity index (χ1n) is 6.91. The van der Waals surface area contributed by atoms with Gasteiger partial charge in [-0.3, -0.25) is 14.5 Å². The Balaban J connectivity index is 1.62. The highest BCUT2D eigenvalue weighted by Gasteiger charge is 2.17. The molecule has 1 aliphatic heterocycles. The Morgan fingerprint density at radius 3 is 2.68 bits per heavy atom. The molecular formula is C15H22N2O2. The molecule has 0 bridgehead atoms. The molecule has 1 aliphatic rings. The van der Waals surface area contributed by atoms with E-state index in [-0.39, 0.29) is 5.91 Å². The average Bonchev–Trinajstić information content (AvgIpc) is 2.43. The van der Waals surface area contributed by atoms with Gasteiger partial charge in [0.15, 0.2) is 0 Å². The fourth-order valence-corrected chi connectivity index (χ4v) is 2.23. The number of rotatable bonds is 5. The van der Waals surface area contributed by atoms with E-state index in [1.165, 1.54) is 12.8 Å². The van der Waals surface area contributed by atoms with Crippen molar-refractivity contribution in [1.29, 1.82) is 0 Å². The summed E-state index contributed by atoms with van der Waals surface area (Å²) in [5.41, 5.74) is 3.56. The largest absolute Gasteiger partial charge is 0.294 e. The number of hydrogen-bond acceptors (Lipinski definition) is 3. The third-order valence-electron chi connectivity index (χ3n) is 3.51. The van der Waals surface area contributed by atoms with E-state index in [1.807, 2.05) is 30.3 Å². The van der Waals surface area contributed by atoms with E-state index in [0.717, 1.165) is 24.6 Å². The van der Waals surface area contributed by atoms with Gasteiger partial charge in [-0.25, -0.2) is 5.48 Å². The predicted molar refractivity (Wildman–Crippen MR) is 74.2 cm³/mol. The molecule has 0 saturated carbocycles. The van der Waals surface area contributed by atoms with E-state index in [0.29, 0.717) is 13.2 Å². The van der Waals surface area contributed by atoms with Crippen molar-refractivity contribution in [3.8, 4) is 0 Å². The fraction of sp³-hybridized carbons (Fsp3) is 0.533. The van der Waals surface area contributed by atoms with E-state index in [2.05, 4.69) is 17.3 Å². The third kappa shape index (κ3) is 5.01. The summed E-state index contributed by atoms with van der Waals surface area (Å²) in [6, 6.07) is 9.81. The smallest absolute Gasteiger partial charge is 0.257 e. The van der Waals surface area contributed by atoms with Crippen molar-refractivity contribution < 1.29 is 9.63 Å². The Hall–Kier alpha value is -1.39. The molecule has 0 atom stereocenters. The zero-order chi connectivity index (χ0) is 13.5. The summed E-state index contributed by atoms with van der Waals surface area (Å²) in [5.74, 6) is 0.721. The minimum Gasteiger partial charge on any atom is -0.294 e. The molecule has 2 rings (SSSR count). The summed E-state index contributed by atoms with van der Waals surface area (Å²) in [5, 5.41) is 0. The van der Waals surface area contributed by atoms with Gasteiger partial charge in [0.2, 0.25) is 0 Å². The third-order valence-corrected chi connectivity index (χ3v) is 3.51. The van der Waals surface area contributed by atoms with Crippen molar-refractivity contribution in [2.45, 2.75) is 26.4 Å². The summed E-state index contributed by atoms with van der Waals surface area (Å²) >= 11 is 0. The molecule has 1 saturated heterocycles. The van der Waals surface area contributed by atoms with Gasteiger partial charge < -0.3 is 0 Å². The molecule has 1 aromatic carbocycles. The highest BCUT2D eigenvalue weighted by Crippen LogP contribution is 2.15. The Labute approximate surface area is 114 Å². The molecule has 19 heavy (non-hydrogen) atoms. The van der Waals surface area contributed by atoms with E-state index in [1.54, 1.807) is 0 Å². The SMILES string of the molecule is CC1CCN(CC(=O)NOCc2ccccc2)CC1. The van der Waals surface area contributed by atoms with E-state index >= 15 is 0 Å². The van der Waals surface area contributed by atoms with Crippen molar-refractivity contribution in [1.82, 2.24) is 10.4 Å². The molecule has 0 aromatic heterocycles. The molecule has 1 aromatic rings. The summed E-state index contributed by atoms with van der Waals surface area (Å²) in [6.07, 6.45) is 2.36. The lowest BCUT2D eigenvalue weighted by Crippen LogP contribution is -2.41. The van der Waals surface area contributed by atoms with Gasteiger partial charge in [-0.05, 0) is 37.4 Å². The number of piperidine rings is 1. The van der Waals surface area contributed by atoms with Gasteiger partial charge in [0, 0.05) is 0 Å². The Bertz CT molecular complexity index is 386. The molecule has 1 fully saturated rings. The predicted octanol–water partition coefficient (Wildman–Crippen LogP) is 1.97. The van der Waals surface area contributed by atoms with Crippen LogP contribution in [0.5, 0.6) is 0 Å². The second kappa shape index (κ2) is 7.26. The zero-order valence-electron chi connectivity index (χ0n) is 11.5. The van der Waals surface area contributed by atoms with Crippen LogP contribution < -0.4 is 5.48 Å². The van der Waals surface area contributed by atoms with Crippen LogP contribution in [0.1, 0.15) is 25.3 Å². The molecule has 1 N–H and O–H groups in total. The Kier molecular flexibility index (Phi) is 5.36. The molecule has 0 unspecified atom stereocenters. The minimum atomic E-state index is -0.0644. The number of benzene rings is 1. The number of nitrogens with zero attached hydrogens (tertiary/aromatic N) is 1. The van der Waals surface area contributed by atoms with Gasteiger partial charge in [0.05, 0.1) is 13.2 Å². The molecule has 1 amide bonds. The van der Waals surface area contributed by atoms with Gasteiger partial charge in [-0.2, -0.15) is 0 Å². The Morgan fingerprint density at radius 2 is 2.00 bits per heavy atom. The highest BCUT2D eigenvalue weighted by molar-refractivity contribution is 5.76. The second-order valence-electron chi connectivity index (χ2n) is 5.26. The lowest BCUT2D eigenvalue weighted by molar-refractivity contribution is -0.136. The van der Waals surface area contributed by atoms with E-state index in [4.69, 9.17) is 4.84 Å². The molecule has 4 heteroatoms. The van der Waals surface area contributed by atoms with Crippen molar-refractivity contribution in [2.75, 3.05) is 19.6 Å². The van der Waals surface area contributed by atoms with Crippen molar-refractivity contribution >= 4 is 5.91 Å². The van der Waals surface area contributed by atoms with E-state index < -0.39 is 0 Å². The van der Waals surface area contributed by atoms with Crippen LogP contribution in [0.25, 0.3) is 0 Å². The van der Waals surface area contributed by atoms with Crippen molar-refractivity contribution in [2.24, 2.45) is 5.92 Å². The Morgan fingerprint density at radius 1 is 1.32 bits per heavy atom. The van der Waals surface area contributed by atoms with Crippen LogP contribution >= 0.6 is 0 Å². The second-order valence-corrected chi connectivity index (χ2v) is 5.26. The van der Waals surface area contributed by atoms with Crippen LogP contribution in [-0.2, 0) is 16.2 Å². The topological polar surface area (TPSA) is 41.6 Å². The minimum absolute atomic E-state index is 0.0644. The first-order valence-corrected chi connectivity index (χ1v) is 6.91. The van der Waals surface area contributed by atoms with Crippen LogP contribution in [0.4, 0.5) is 0 Å². The monoisotopic (exact) mass is 262 g/mol. The molecular weight excluding hydrogens is 240 g/mol. The van der Waals surface area contributed by atoms with Gasteiger partial charge in [-0.15, -0.1) is 0 Å². The number of hydroxylamine groups is 1. The molecule has 104 valence electrons. The molecule has 0 spiro atoms. The van der Waals surface area contributed by atoms with E-state index in [9.17, 15) is 4.79 Å². The lowest BCUT2D eigenvalue weighted by atomic mass is 9.99. The maximum absolute atomic E-state index is 11.7. The van der Waals surface area contributed by atoms with Crippen LogP contribution in [0.15, 0.2) is 30.3 Å². The van der Waals surface area contributed by atoms with Crippen LogP contribution in [0.3, 0.4) is 0 Å². The fourth-order valence-electron chi connectivity index (χ4n) is 2.23. The summed E-state index contributed by atoms with van der Waals surface area (Å²) < 4.78 is 0. The standard InChI is InChI=1S/C15H22N2O2/c1-13-7-9-17(10-8-13)11-15(18)16-19-12-14-5-3-2-4-6-14/h2-6,13H,7-12H2,1H3,(H,16,18). The number of nitrogens with one attached hydrogen (secondary N) is 1. The maximum Gasteiger partial charge on any atom is 0.257 e. The molecule has 1 heterocycles. The quantitative estimate of drug-likeness (QED) is 0.825. The molecule has 0 aliphatic carbocycles. The molecule has 4 nitrogen and oxygen atoms in total. The van der Waals surface area contributed by atoms with Crippen LogP contribution in [0, 0.1) is 5.92 Å². The number of carbonyl (C=O) groups is 1. The summed E-state index contributed by atoms with van der Waals surface area (Å²) in [4.78, 5) is 19.1. The highest BCUT2D eigenvalue weighted by atomic mass is 16.6. The lowest BCUT2D eigenvalue weighted by Gasteiger charge is -2.29. The van der Waals surface area contributed by atoms with Gasteiger partial charge >= 0.3 is 0 Å². The van der Waals surface area contributed by atoms with Crippen molar-refractivity contribution in [3.05, 3.63) is 35.9 Å². The number of likely N-dealkylation sites (tertiary alicyclic amines) is 1. The van der Waals surface area contributed by atoms with Gasteiger partial charge in [0.25, 0.3) is 5.91 Å².